The number of carbonyl (C=O) groups is 7. The lowest BCUT2D eigenvalue weighted by Crippen LogP contribution is -2.39. The van der Waals surface area contributed by atoms with Gasteiger partial charge in [0.25, 0.3) is 0 Å². The van der Waals surface area contributed by atoms with Crippen molar-refractivity contribution in [3.8, 4) is 0 Å². The Morgan fingerprint density at radius 3 is 1.34 bits per heavy atom. The highest BCUT2D eigenvalue weighted by Crippen LogP contribution is 2.40. The van der Waals surface area contributed by atoms with Crippen LogP contribution in [0, 0.1) is 0 Å². The van der Waals surface area contributed by atoms with E-state index in [1.165, 1.54) is 44.9 Å². The minimum Gasteiger partial charge on any atom is -0.464 e. The number of hydrogen-bond donors (Lipinski definition) is 3. The number of rotatable bonds is 37. The van der Waals surface area contributed by atoms with Gasteiger partial charge in [-0.3, -0.25) is 24.0 Å². The van der Waals surface area contributed by atoms with Gasteiger partial charge >= 0.3 is 11.9 Å². The zero-order valence-electron chi connectivity index (χ0n) is 43.0. The first-order valence-electron chi connectivity index (χ1n) is 26.9. The highest BCUT2D eigenvalue weighted by atomic mass is 16.5. The van der Waals surface area contributed by atoms with Crippen molar-refractivity contribution in [2.75, 3.05) is 26.3 Å². The van der Waals surface area contributed by atoms with E-state index in [1.54, 1.807) is 0 Å². The molecule has 1 aliphatic carbocycles. The standard InChI is InChI=1S/C17H26N6O3.C16H26N6O3.C16H27N3O3/c18-23-19-11-4-2-1-3-9-17(21-22-17)10-8-13(24)12-16(26)20-14-6-5-7-15(14)25;17-22-18-10-7-5-3-1-2-4-6-9-16(20-21-16)12-14(23)19-13-8-11-25-15(13)24;1-2-3-4-5-6-7-8-10-16(18-19-16)12-14(20)17-13-9-11-22-15(13)21/h14H,1-12H2,(H,20,26);13H,1-12H2,(H,19,23);13H,2-12H2,1H3,(H,17,20)/t14-;2*13-/m000/s1. The Morgan fingerprint density at radius 2 is 0.959 bits per heavy atom. The smallest absolute Gasteiger partial charge is 0.328 e. The van der Waals surface area contributed by atoms with E-state index in [2.05, 4.69) is 73.6 Å². The first-order chi connectivity index (χ1) is 35.3. The van der Waals surface area contributed by atoms with Crippen molar-refractivity contribution >= 4 is 41.2 Å². The van der Waals surface area contributed by atoms with E-state index in [9.17, 15) is 33.6 Å². The van der Waals surface area contributed by atoms with Gasteiger partial charge in [0, 0.05) is 55.0 Å². The van der Waals surface area contributed by atoms with E-state index < -0.39 is 35.1 Å². The largest absolute Gasteiger partial charge is 0.464 e. The number of carbonyl (C=O) groups excluding carboxylic acids is 7. The predicted molar refractivity (Wildman–Crippen MR) is 267 cm³/mol. The summed E-state index contributed by atoms with van der Waals surface area (Å²) in [6, 6.07) is -1.40. The van der Waals surface area contributed by atoms with Gasteiger partial charge in [0.15, 0.2) is 22.8 Å². The second kappa shape index (κ2) is 33.0. The van der Waals surface area contributed by atoms with Crippen LogP contribution in [0.15, 0.2) is 40.9 Å². The molecule has 6 rings (SSSR count). The fourth-order valence-corrected chi connectivity index (χ4v) is 9.01. The molecule has 0 spiro atoms. The summed E-state index contributed by atoms with van der Waals surface area (Å²) in [5.41, 5.74) is 14.9. The molecule has 3 fully saturated rings. The third kappa shape index (κ3) is 25.1. The van der Waals surface area contributed by atoms with Gasteiger partial charge in [0.2, 0.25) is 17.7 Å². The summed E-state index contributed by atoms with van der Waals surface area (Å²) >= 11 is 0. The number of unbranched alkanes of at least 4 members (excludes halogenated alkanes) is 15. The molecule has 0 unspecified atom stereocenters. The fraction of sp³-hybridized carbons (Fsp3) is 0.857. The maximum absolute atomic E-state index is 12.0. The number of Topliss-reactive ketones (excluding diaryl/α,β-unsaturated/α-hetero) is 2. The molecule has 24 nitrogen and oxygen atoms in total. The summed E-state index contributed by atoms with van der Waals surface area (Å²) in [5.74, 6) is -1.48. The lowest BCUT2D eigenvalue weighted by molar-refractivity contribution is -0.141. The molecule has 3 amide bonds. The van der Waals surface area contributed by atoms with E-state index in [4.69, 9.17) is 20.5 Å². The van der Waals surface area contributed by atoms with Crippen molar-refractivity contribution in [1.29, 1.82) is 0 Å². The van der Waals surface area contributed by atoms with E-state index in [0.29, 0.717) is 58.4 Å². The van der Waals surface area contributed by atoms with Crippen molar-refractivity contribution in [3.05, 3.63) is 20.9 Å². The molecule has 0 aromatic rings. The number of ketones is 2. The monoisotopic (exact) mass is 1020 g/mol. The molecule has 5 heterocycles. The molecule has 24 heteroatoms. The zero-order chi connectivity index (χ0) is 52.6. The number of cyclic esters (lactones) is 2. The second-order valence-corrected chi connectivity index (χ2v) is 19.9. The topological polar surface area (TPSA) is 346 Å². The fourth-order valence-electron chi connectivity index (χ4n) is 9.01. The van der Waals surface area contributed by atoms with Gasteiger partial charge in [-0.05, 0) is 75.3 Å². The Morgan fingerprint density at radius 1 is 0.548 bits per heavy atom. The van der Waals surface area contributed by atoms with Gasteiger partial charge in [-0.15, -0.1) is 0 Å². The highest BCUT2D eigenvalue weighted by molar-refractivity contribution is 6.00. The number of esters is 2. The van der Waals surface area contributed by atoms with Gasteiger partial charge in [0.1, 0.15) is 17.9 Å². The molecule has 5 aliphatic heterocycles. The normalized spacial score (nSPS) is 20.5. The number of amides is 3. The minimum atomic E-state index is -0.554. The molecule has 0 bridgehead atoms. The molecule has 0 aromatic heterocycles. The molecule has 6 aliphatic rings. The Hall–Kier alpha value is -5.89. The number of azide groups is 2. The quantitative estimate of drug-likeness (QED) is 0.0133. The summed E-state index contributed by atoms with van der Waals surface area (Å²) in [6.07, 6.45) is 26.7. The van der Waals surface area contributed by atoms with Crippen LogP contribution in [0.25, 0.3) is 20.9 Å². The maximum atomic E-state index is 12.0. The van der Waals surface area contributed by atoms with Crippen molar-refractivity contribution in [2.24, 2.45) is 40.9 Å². The first-order valence-corrected chi connectivity index (χ1v) is 26.9. The molecule has 73 heavy (non-hydrogen) atoms. The van der Waals surface area contributed by atoms with Crippen LogP contribution >= 0.6 is 0 Å². The van der Waals surface area contributed by atoms with Crippen LogP contribution in [-0.2, 0) is 43.0 Å². The lowest BCUT2D eigenvalue weighted by atomic mass is 9.97. The number of ether oxygens (including phenoxy) is 2. The average Bonchev–Trinajstić information content (AvgIpc) is 4.32. The van der Waals surface area contributed by atoms with Gasteiger partial charge in [-0.2, -0.15) is 30.7 Å². The Balaban J connectivity index is 0.000000238. The lowest BCUT2D eigenvalue weighted by Gasteiger charge is -2.12. The first kappa shape index (κ1) is 59.7. The second-order valence-electron chi connectivity index (χ2n) is 19.9. The summed E-state index contributed by atoms with van der Waals surface area (Å²) in [4.78, 5) is 87.5. The average molecular weight is 1020 g/mol. The number of hydrogen-bond acceptors (Lipinski definition) is 17. The summed E-state index contributed by atoms with van der Waals surface area (Å²) in [5, 5.41) is 39.5. The third-order valence-corrected chi connectivity index (χ3v) is 13.6. The van der Waals surface area contributed by atoms with Crippen molar-refractivity contribution in [2.45, 2.75) is 241 Å². The van der Waals surface area contributed by atoms with Crippen molar-refractivity contribution in [3.63, 3.8) is 0 Å². The third-order valence-electron chi connectivity index (χ3n) is 13.6. The minimum absolute atomic E-state index is 0.0553. The van der Waals surface area contributed by atoms with Crippen LogP contribution in [0.3, 0.4) is 0 Å². The van der Waals surface area contributed by atoms with Gasteiger partial charge < -0.3 is 25.4 Å². The highest BCUT2D eigenvalue weighted by Gasteiger charge is 2.44. The van der Waals surface area contributed by atoms with E-state index in [0.717, 1.165) is 96.3 Å². The zero-order valence-corrected chi connectivity index (χ0v) is 43.0. The SMILES string of the molecule is CCCCCCCCCC1(CC(=O)N[C@H]2CCOC2=O)N=N1.[N-]=[N+]=NCCCCCCC1(CCC(=O)CC(=O)N[C@H]2CCCC2=O)N=N1.[N-]=[N+]=NCCCCCCCCCC1(CC(=O)N[C@H]2CCOC2=O)N=N1. The Labute approximate surface area is 428 Å². The van der Waals surface area contributed by atoms with Crippen LogP contribution in [0.1, 0.15) is 206 Å². The summed E-state index contributed by atoms with van der Waals surface area (Å²) < 4.78 is 9.66. The molecular weight excluding hydrogens is 943 g/mol. The van der Waals surface area contributed by atoms with E-state index in [1.807, 2.05) is 0 Å². The molecule has 404 valence electrons. The number of nitrogens with one attached hydrogen (secondary N) is 3. The summed E-state index contributed by atoms with van der Waals surface area (Å²) in [7, 11) is 0. The van der Waals surface area contributed by atoms with Crippen LogP contribution in [0.2, 0.25) is 0 Å². The van der Waals surface area contributed by atoms with Crippen LogP contribution < -0.4 is 16.0 Å². The number of nitrogens with zero attached hydrogens (tertiary/aromatic N) is 12. The van der Waals surface area contributed by atoms with E-state index in [-0.39, 0.29) is 66.9 Å². The van der Waals surface area contributed by atoms with Crippen LogP contribution in [-0.4, -0.2) is 103 Å². The van der Waals surface area contributed by atoms with Gasteiger partial charge in [-0.1, -0.05) is 101 Å². The van der Waals surface area contributed by atoms with Crippen LogP contribution in [0.5, 0.6) is 0 Å². The van der Waals surface area contributed by atoms with E-state index >= 15 is 0 Å². The summed E-state index contributed by atoms with van der Waals surface area (Å²) in [6.45, 7) is 4.09. The Bertz CT molecular complexity index is 2000. The Kier molecular flexibility index (Phi) is 27.0. The van der Waals surface area contributed by atoms with Gasteiger partial charge in [0.05, 0.1) is 38.5 Å². The molecule has 0 radical (unpaired) electrons. The van der Waals surface area contributed by atoms with Crippen LogP contribution in [0.4, 0.5) is 0 Å². The maximum Gasteiger partial charge on any atom is 0.328 e. The van der Waals surface area contributed by atoms with Gasteiger partial charge in [-0.25, -0.2) is 9.59 Å². The molecule has 0 aromatic carbocycles. The van der Waals surface area contributed by atoms with Crippen molar-refractivity contribution in [1.82, 2.24) is 16.0 Å². The molecule has 3 N–H and O–H groups in total. The predicted octanol–water partition coefficient (Wildman–Crippen LogP) is 9.90. The molecule has 2 saturated heterocycles. The molecule has 3 atom stereocenters. The molecular formula is C49H79N15O9. The van der Waals surface area contributed by atoms with Crippen molar-refractivity contribution < 1.29 is 43.0 Å². The molecule has 1 saturated carbocycles.